The number of hydrogen-bond donors (Lipinski definition) is 1. The van der Waals surface area contributed by atoms with Gasteiger partial charge in [0.1, 0.15) is 0 Å². The highest BCUT2D eigenvalue weighted by Gasteiger charge is 2.27. The van der Waals surface area contributed by atoms with Crippen LogP contribution in [-0.4, -0.2) is 11.0 Å². The molecule has 1 N–H and O–H groups in total. The van der Waals surface area contributed by atoms with Crippen molar-refractivity contribution in [2.24, 2.45) is 5.92 Å². The fourth-order valence-electron chi connectivity index (χ4n) is 2.38. The number of aromatic nitrogens is 1. The van der Waals surface area contributed by atoms with Gasteiger partial charge in [-0.05, 0) is 42.7 Å². The predicted molar refractivity (Wildman–Crippen MR) is 70.8 cm³/mol. The molecule has 2 aromatic rings. The maximum Gasteiger partial charge on any atom is 0.0346 e. The number of pyridine rings is 1. The Bertz CT molecular complexity index is 512. The molecule has 0 radical (unpaired) electrons. The standard InChI is InChI=1S/C15H18N2/c1-11(12-5-6-12)17-10-14-4-2-3-13-9-16-8-7-15(13)14/h2-4,7-9,11-12,17H,5-6,10H2,1H3. The Morgan fingerprint density at radius 3 is 3.06 bits per heavy atom. The summed E-state index contributed by atoms with van der Waals surface area (Å²) < 4.78 is 0. The van der Waals surface area contributed by atoms with Crippen LogP contribution >= 0.6 is 0 Å². The van der Waals surface area contributed by atoms with Crippen LogP contribution in [0.2, 0.25) is 0 Å². The normalized spacial score (nSPS) is 17.2. The average molecular weight is 226 g/mol. The monoisotopic (exact) mass is 226 g/mol. The molecule has 0 spiro atoms. The fourth-order valence-corrected chi connectivity index (χ4v) is 2.38. The minimum atomic E-state index is 0.645. The molecule has 1 aromatic heterocycles. The van der Waals surface area contributed by atoms with E-state index in [1.54, 1.807) is 0 Å². The second kappa shape index (κ2) is 4.46. The van der Waals surface area contributed by atoms with E-state index in [2.05, 4.69) is 41.5 Å². The minimum absolute atomic E-state index is 0.645. The molecule has 1 aromatic carbocycles. The van der Waals surface area contributed by atoms with Crippen LogP contribution in [0.3, 0.4) is 0 Å². The van der Waals surface area contributed by atoms with Crippen molar-refractivity contribution in [3.05, 3.63) is 42.2 Å². The Kier molecular flexibility index (Phi) is 2.81. The molecule has 1 saturated carbocycles. The zero-order valence-corrected chi connectivity index (χ0v) is 10.2. The first-order chi connectivity index (χ1) is 8.34. The number of nitrogens with one attached hydrogen (secondary N) is 1. The maximum absolute atomic E-state index is 4.17. The summed E-state index contributed by atoms with van der Waals surface area (Å²) in [5, 5.41) is 6.18. The molecular formula is C15H18N2. The first kappa shape index (κ1) is 10.7. The van der Waals surface area contributed by atoms with Gasteiger partial charge in [-0.25, -0.2) is 0 Å². The summed E-state index contributed by atoms with van der Waals surface area (Å²) in [6.07, 6.45) is 6.60. The molecule has 1 heterocycles. The lowest BCUT2D eigenvalue weighted by atomic mass is 10.1. The summed E-state index contributed by atoms with van der Waals surface area (Å²) in [5.74, 6) is 0.909. The third kappa shape index (κ3) is 2.32. The van der Waals surface area contributed by atoms with Crippen LogP contribution in [0.4, 0.5) is 0 Å². The van der Waals surface area contributed by atoms with Crippen molar-refractivity contribution >= 4 is 10.8 Å². The van der Waals surface area contributed by atoms with Gasteiger partial charge in [0, 0.05) is 30.4 Å². The van der Waals surface area contributed by atoms with Crippen molar-refractivity contribution in [3.63, 3.8) is 0 Å². The Labute approximate surface area is 102 Å². The van der Waals surface area contributed by atoms with Crippen molar-refractivity contribution in [3.8, 4) is 0 Å². The Morgan fingerprint density at radius 1 is 1.35 bits per heavy atom. The van der Waals surface area contributed by atoms with Gasteiger partial charge in [-0.3, -0.25) is 4.98 Å². The molecular weight excluding hydrogens is 208 g/mol. The predicted octanol–water partition coefficient (Wildman–Crippen LogP) is 3.12. The minimum Gasteiger partial charge on any atom is -0.310 e. The molecule has 1 fully saturated rings. The van der Waals surface area contributed by atoms with E-state index in [-0.39, 0.29) is 0 Å². The first-order valence-corrected chi connectivity index (χ1v) is 6.39. The highest BCUT2D eigenvalue weighted by molar-refractivity contribution is 5.84. The molecule has 0 amide bonds. The SMILES string of the molecule is CC(NCc1cccc2cnccc12)C1CC1. The number of hydrogen-bond acceptors (Lipinski definition) is 2. The van der Waals surface area contributed by atoms with Crippen molar-refractivity contribution in [2.75, 3.05) is 0 Å². The second-order valence-corrected chi connectivity index (χ2v) is 5.02. The van der Waals surface area contributed by atoms with E-state index < -0.39 is 0 Å². The number of nitrogens with zero attached hydrogens (tertiary/aromatic N) is 1. The van der Waals surface area contributed by atoms with Crippen LogP contribution in [0.1, 0.15) is 25.3 Å². The van der Waals surface area contributed by atoms with Gasteiger partial charge in [0.15, 0.2) is 0 Å². The van der Waals surface area contributed by atoms with Crippen LogP contribution in [0, 0.1) is 5.92 Å². The summed E-state index contributed by atoms with van der Waals surface area (Å²) in [7, 11) is 0. The van der Waals surface area contributed by atoms with Gasteiger partial charge in [-0.15, -0.1) is 0 Å². The Balaban J connectivity index is 1.79. The highest BCUT2D eigenvalue weighted by Crippen LogP contribution is 2.32. The summed E-state index contributed by atoms with van der Waals surface area (Å²) in [5.41, 5.74) is 1.37. The maximum atomic E-state index is 4.17. The molecule has 0 aliphatic heterocycles. The van der Waals surface area contributed by atoms with Gasteiger partial charge in [0.05, 0.1) is 0 Å². The zero-order chi connectivity index (χ0) is 11.7. The summed E-state index contributed by atoms with van der Waals surface area (Å²) in [6, 6.07) is 9.19. The topological polar surface area (TPSA) is 24.9 Å². The van der Waals surface area contributed by atoms with Crippen LogP contribution in [0.15, 0.2) is 36.7 Å². The Hall–Kier alpha value is -1.41. The van der Waals surface area contributed by atoms with Gasteiger partial charge in [0.25, 0.3) is 0 Å². The van der Waals surface area contributed by atoms with Crippen molar-refractivity contribution in [2.45, 2.75) is 32.4 Å². The van der Waals surface area contributed by atoms with Crippen LogP contribution in [0.5, 0.6) is 0 Å². The van der Waals surface area contributed by atoms with E-state index in [1.807, 2.05) is 12.4 Å². The van der Waals surface area contributed by atoms with E-state index in [4.69, 9.17) is 0 Å². The molecule has 1 unspecified atom stereocenters. The van der Waals surface area contributed by atoms with E-state index >= 15 is 0 Å². The van der Waals surface area contributed by atoms with E-state index in [1.165, 1.54) is 29.2 Å². The molecule has 0 bridgehead atoms. The van der Waals surface area contributed by atoms with Crippen LogP contribution < -0.4 is 5.32 Å². The quantitative estimate of drug-likeness (QED) is 0.866. The Morgan fingerprint density at radius 2 is 2.24 bits per heavy atom. The van der Waals surface area contributed by atoms with Crippen LogP contribution in [0.25, 0.3) is 10.8 Å². The number of benzene rings is 1. The van der Waals surface area contributed by atoms with Gasteiger partial charge >= 0.3 is 0 Å². The smallest absolute Gasteiger partial charge is 0.0346 e. The summed E-state index contributed by atoms with van der Waals surface area (Å²) in [4.78, 5) is 4.17. The molecule has 1 aliphatic carbocycles. The molecule has 1 aliphatic rings. The summed E-state index contributed by atoms with van der Waals surface area (Å²) >= 11 is 0. The molecule has 0 saturated heterocycles. The van der Waals surface area contributed by atoms with Gasteiger partial charge in [-0.1, -0.05) is 18.2 Å². The molecule has 1 atom stereocenters. The fraction of sp³-hybridized carbons (Fsp3) is 0.400. The van der Waals surface area contributed by atoms with Gasteiger partial charge in [-0.2, -0.15) is 0 Å². The number of fused-ring (bicyclic) bond motifs is 1. The first-order valence-electron chi connectivity index (χ1n) is 6.39. The lowest BCUT2D eigenvalue weighted by Gasteiger charge is -2.13. The summed E-state index contributed by atoms with van der Waals surface area (Å²) in [6.45, 7) is 3.25. The van der Waals surface area contributed by atoms with Crippen molar-refractivity contribution < 1.29 is 0 Å². The number of rotatable bonds is 4. The van der Waals surface area contributed by atoms with Crippen LogP contribution in [-0.2, 0) is 6.54 Å². The van der Waals surface area contributed by atoms with E-state index in [9.17, 15) is 0 Å². The lowest BCUT2D eigenvalue weighted by Crippen LogP contribution is -2.27. The van der Waals surface area contributed by atoms with Gasteiger partial charge in [0.2, 0.25) is 0 Å². The third-order valence-corrected chi connectivity index (χ3v) is 3.71. The van der Waals surface area contributed by atoms with E-state index in [0.717, 1.165) is 12.5 Å². The third-order valence-electron chi connectivity index (χ3n) is 3.71. The van der Waals surface area contributed by atoms with E-state index in [0.29, 0.717) is 6.04 Å². The molecule has 2 heteroatoms. The van der Waals surface area contributed by atoms with Crippen molar-refractivity contribution in [1.82, 2.24) is 10.3 Å². The average Bonchev–Trinajstić information content (AvgIpc) is 3.20. The molecule has 17 heavy (non-hydrogen) atoms. The zero-order valence-electron chi connectivity index (χ0n) is 10.2. The molecule has 3 rings (SSSR count). The highest BCUT2D eigenvalue weighted by atomic mass is 14.9. The van der Waals surface area contributed by atoms with Crippen molar-refractivity contribution in [1.29, 1.82) is 0 Å². The van der Waals surface area contributed by atoms with Gasteiger partial charge < -0.3 is 5.32 Å². The molecule has 2 nitrogen and oxygen atoms in total. The lowest BCUT2D eigenvalue weighted by molar-refractivity contribution is 0.497. The largest absolute Gasteiger partial charge is 0.310 e. The molecule has 88 valence electrons. The second-order valence-electron chi connectivity index (χ2n) is 5.02.